The lowest BCUT2D eigenvalue weighted by molar-refractivity contribution is -0.385. The highest BCUT2D eigenvalue weighted by Gasteiger charge is 2.13. The molecule has 0 saturated carbocycles. The Bertz CT molecular complexity index is 497. The topological polar surface area (TPSA) is 83.7 Å². The Balaban J connectivity index is 3.23. The number of benzene rings is 1. The molecule has 0 radical (unpaired) electrons. The van der Waals surface area contributed by atoms with E-state index in [2.05, 4.69) is 0 Å². The van der Waals surface area contributed by atoms with E-state index in [9.17, 15) is 14.9 Å². The van der Waals surface area contributed by atoms with Crippen molar-refractivity contribution in [3.8, 4) is 0 Å². The van der Waals surface area contributed by atoms with E-state index in [-0.39, 0.29) is 11.3 Å². The lowest BCUT2D eigenvalue weighted by atomic mass is 10.1. The number of nitro groups is 1. The van der Waals surface area contributed by atoms with E-state index in [4.69, 9.17) is 5.11 Å². The lowest BCUT2D eigenvalue weighted by Gasteiger charge is -2.17. The highest BCUT2D eigenvalue weighted by molar-refractivity contribution is 5.86. The first-order valence-electron chi connectivity index (χ1n) is 5.36. The molecular formula is C12H14N2O4. The monoisotopic (exact) mass is 250 g/mol. The summed E-state index contributed by atoms with van der Waals surface area (Å²) >= 11 is 0. The third-order valence-electron chi connectivity index (χ3n) is 2.53. The predicted molar refractivity (Wildman–Crippen MR) is 68.7 cm³/mol. The molecule has 0 heterocycles. The van der Waals surface area contributed by atoms with Crippen LogP contribution < -0.4 is 4.90 Å². The van der Waals surface area contributed by atoms with Crippen molar-refractivity contribution in [3.05, 3.63) is 40.0 Å². The molecular weight excluding hydrogens is 236 g/mol. The van der Waals surface area contributed by atoms with Gasteiger partial charge in [-0.2, -0.15) is 0 Å². The first-order chi connectivity index (χ1) is 8.45. The van der Waals surface area contributed by atoms with Crippen LogP contribution in [0.15, 0.2) is 24.3 Å². The van der Waals surface area contributed by atoms with Gasteiger partial charge in [0.15, 0.2) is 0 Å². The second-order valence-corrected chi connectivity index (χ2v) is 3.69. The van der Waals surface area contributed by atoms with E-state index in [0.717, 1.165) is 18.3 Å². The Morgan fingerprint density at radius 2 is 2.22 bits per heavy atom. The molecule has 6 heteroatoms. The van der Waals surface area contributed by atoms with E-state index in [0.29, 0.717) is 0 Å². The Kier molecular flexibility index (Phi) is 4.42. The summed E-state index contributed by atoms with van der Waals surface area (Å²) in [7, 11) is 1.85. The quantitative estimate of drug-likeness (QED) is 0.491. The average Bonchev–Trinajstić information content (AvgIpc) is 2.34. The zero-order valence-corrected chi connectivity index (χ0v) is 10.2. The van der Waals surface area contributed by atoms with Crippen LogP contribution in [0.3, 0.4) is 0 Å². The zero-order valence-electron chi connectivity index (χ0n) is 10.2. The first-order valence-corrected chi connectivity index (χ1v) is 5.36. The fourth-order valence-electron chi connectivity index (χ4n) is 1.42. The minimum Gasteiger partial charge on any atom is -0.478 e. The van der Waals surface area contributed by atoms with Crippen LogP contribution in [0.2, 0.25) is 0 Å². The molecule has 0 unspecified atom stereocenters. The van der Waals surface area contributed by atoms with Gasteiger partial charge >= 0.3 is 5.97 Å². The van der Waals surface area contributed by atoms with Gasteiger partial charge in [0.2, 0.25) is 0 Å². The van der Waals surface area contributed by atoms with Crippen molar-refractivity contribution < 1.29 is 14.8 Å². The minimum absolute atomic E-state index is 0.110. The number of nitrogens with zero attached hydrogens (tertiary/aromatic N) is 2. The molecule has 0 aliphatic heterocycles. The van der Waals surface area contributed by atoms with Gasteiger partial charge in [0.1, 0.15) is 0 Å². The normalized spacial score (nSPS) is 10.6. The number of hydrogen-bond donors (Lipinski definition) is 1. The summed E-state index contributed by atoms with van der Waals surface area (Å²) in [5, 5.41) is 19.4. The third-order valence-corrected chi connectivity index (χ3v) is 2.53. The van der Waals surface area contributed by atoms with Crippen molar-refractivity contribution in [1.29, 1.82) is 0 Å². The van der Waals surface area contributed by atoms with Crippen LogP contribution in [-0.4, -0.2) is 29.6 Å². The molecule has 0 fully saturated rings. The van der Waals surface area contributed by atoms with Crippen molar-refractivity contribution in [2.24, 2.45) is 0 Å². The highest BCUT2D eigenvalue weighted by Crippen LogP contribution is 2.25. The molecule has 1 aromatic carbocycles. The van der Waals surface area contributed by atoms with Crippen LogP contribution in [0, 0.1) is 10.1 Å². The van der Waals surface area contributed by atoms with Crippen LogP contribution in [0.25, 0.3) is 6.08 Å². The summed E-state index contributed by atoms with van der Waals surface area (Å²) in [4.78, 5) is 22.7. The van der Waals surface area contributed by atoms with Gasteiger partial charge in [0.25, 0.3) is 5.69 Å². The van der Waals surface area contributed by atoms with Crippen LogP contribution in [-0.2, 0) is 4.79 Å². The van der Waals surface area contributed by atoms with E-state index in [1.54, 1.807) is 12.1 Å². The van der Waals surface area contributed by atoms with Gasteiger partial charge in [-0.1, -0.05) is 0 Å². The van der Waals surface area contributed by atoms with E-state index >= 15 is 0 Å². The third kappa shape index (κ3) is 3.31. The van der Waals surface area contributed by atoms with Crippen molar-refractivity contribution in [3.63, 3.8) is 0 Å². The van der Waals surface area contributed by atoms with Crippen molar-refractivity contribution in [2.45, 2.75) is 6.92 Å². The standard InChI is InChI=1S/C12H14N2O4/c1-3-13(2)10-5-6-11(14(17)18)9(8-10)4-7-12(15)16/h4-8H,3H2,1-2H3,(H,15,16)/b7-4+. The first kappa shape index (κ1) is 13.7. The number of anilines is 1. The molecule has 0 saturated heterocycles. The molecule has 1 aromatic rings. The van der Waals surface area contributed by atoms with Crippen LogP contribution in [0.4, 0.5) is 11.4 Å². The maximum absolute atomic E-state index is 10.8. The predicted octanol–water partition coefficient (Wildman–Crippen LogP) is 2.15. The molecule has 0 aliphatic carbocycles. The maximum atomic E-state index is 10.8. The van der Waals surface area contributed by atoms with Gasteiger partial charge in [0.05, 0.1) is 10.5 Å². The van der Waals surface area contributed by atoms with Gasteiger partial charge < -0.3 is 10.0 Å². The minimum atomic E-state index is -1.14. The fraction of sp³-hybridized carbons (Fsp3) is 0.250. The number of carboxylic acids is 1. The summed E-state index contributed by atoms with van der Waals surface area (Å²) in [6.07, 6.45) is 2.12. The van der Waals surface area contributed by atoms with Crippen molar-refractivity contribution in [2.75, 3.05) is 18.5 Å². The molecule has 0 bridgehead atoms. The molecule has 0 atom stereocenters. The molecule has 18 heavy (non-hydrogen) atoms. The van der Waals surface area contributed by atoms with E-state index < -0.39 is 10.9 Å². The molecule has 1 N–H and O–H groups in total. The summed E-state index contributed by atoms with van der Waals surface area (Å²) in [5.41, 5.74) is 0.967. The van der Waals surface area contributed by atoms with E-state index in [1.807, 2.05) is 18.9 Å². The number of carboxylic acid groups (broad SMARTS) is 1. The number of nitro benzene ring substituents is 1. The molecule has 0 aliphatic rings. The maximum Gasteiger partial charge on any atom is 0.328 e. The summed E-state index contributed by atoms with van der Waals surface area (Å²) in [5.74, 6) is -1.14. The Labute approximate surface area is 104 Å². The van der Waals surface area contributed by atoms with Gasteiger partial charge in [-0.05, 0) is 25.1 Å². The van der Waals surface area contributed by atoms with Gasteiger partial charge in [-0.3, -0.25) is 10.1 Å². The van der Waals surface area contributed by atoms with Crippen molar-refractivity contribution in [1.82, 2.24) is 0 Å². The number of rotatable bonds is 5. The number of carbonyl (C=O) groups is 1. The number of aliphatic carboxylic acids is 1. The average molecular weight is 250 g/mol. The van der Waals surface area contributed by atoms with Gasteiger partial charge in [0, 0.05) is 31.4 Å². The van der Waals surface area contributed by atoms with Gasteiger partial charge in [-0.25, -0.2) is 4.79 Å². The second-order valence-electron chi connectivity index (χ2n) is 3.69. The fourth-order valence-corrected chi connectivity index (χ4v) is 1.42. The Hall–Kier alpha value is -2.37. The van der Waals surface area contributed by atoms with Crippen LogP contribution in [0.5, 0.6) is 0 Å². The summed E-state index contributed by atoms with van der Waals surface area (Å²) < 4.78 is 0. The Morgan fingerprint density at radius 1 is 1.56 bits per heavy atom. The molecule has 0 aromatic heterocycles. The molecule has 6 nitrogen and oxygen atoms in total. The second kappa shape index (κ2) is 5.81. The lowest BCUT2D eigenvalue weighted by Crippen LogP contribution is -2.15. The van der Waals surface area contributed by atoms with Crippen molar-refractivity contribution >= 4 is 23.4 Å². The smallest absolute Gasteiger partial charge is 0.328 e. The molecule has 1 rings (SSSR count). The zero-order chi connectivity index (χ0) is 13.7. The molecule has 0 amide bonds. The molecule has 96 valence electrons. The van der Waals surface area contributed by atoms with Crippen LogP contribution >= 0.6 is 0 Å². The van der Waals surface area contributed by atoms with E-state index in [1.165, 1.54) is 12.1 Å². The van der Waals surface area contributed by atoms with Gasteiger partial charge in [-0.15, -0.1) is 0 Å². The largest absolute Gasteiger partial charge is 0.478 e. The highest BCUT2D eigenvalue weighted by atomic mass is 16.6. The molecule has 0 spiro atoms. The summed E-state index contributed by atoms with van der Waals surface area (Å²) in [6.45, 7) is 2.70. The number of hydrogen-bond acceptors (Lipinski definition) is 4. The van der Waals surface area contributed by atoms with Crippen LogP contribution in [0.1, 0.15) is 12.5 Å². The SMILES string of the molecule is CCN(C)c1ccc([N+](=O)[O-])c(/C=C/C(=O)O)c1. The summed E-state index contributed by atoms with van der Waals surface area (Å²) in [6, 6.07) is 4.61. The Morgan fingerprint density at radius 3 is 2.72 bits per heavy atom.